The first kappa shape index (κ1) is 19.6. The molecule has 1 heterocycles. The average Bonchev–Trinajstić information content (AvgIpc) is 3.12. The van der Waals surface area contributed by atoms with E-state index in [-0.39, 0.29) is 17.3 Å². The number of anilines is 1. The summed E-state index contributed by atoms with van der Waals surface area (Å²) in [5.41, 5.74) is 1.88. The molecule has 1 amide bonds. The Balaban J connectivity index is 1.90. The maximum Gasteiger partial charge on any atom is 0.341 e. The molecule has 1 N–H and O–H groups in total. The van der Waals surface area contributed by atoms with Gasteiger partial charge in [0.1, 0.15) is 22.1 Å². The zero-order valence-corrected chi connectivity index (χ0v) is 16.1. The average molecular weight is 399 g/mol. The van der Waals surface area contributed by atoms with Gasteiger partial charge >= 0.3 is 5.97 Å². The Morgan fingerprint density at radius 3 is 2.36 bits per heavy atom. The Kier molecular flexibility index (Phi) is 6.06. The van der Waals surface area contributed by atoms with Gasteiger partial charge in [-0.3, -0.25) is 4.79 Å². The predicted octanol–water partition coefficient (Wildman–Crippen LogP) is 4.99. The van der Waals surface area contributed by atoms with Crippen molar-refractivity contribution >= 4 is 28.2 Å². The molecule has 0 fully saturated rings. The largest absolute Gasteiger partial charge is 0.494 e. The minimum atomic E-state index is -0.581. The highest BCUT2D eigenvalue weighted by atomic mass is 32.1. The maximum absolute atomic E-state index is 13.2. The fourth-order valence-electron chi connectivity index (χ4n) is 2.64. The van der Waals surface area contributed by atoms with E-state index < -0.39 is 5.97 Å². The summed E-state index contributed by atoms with van der Waals surface area (Å²) >= 11 is 1.20. The fourth-order valence-corrected chi connectivity index (χ4v) is 3.59. The summed E-state index contributed by atoms with van der Waals surface area (Å²) in [5, 5.41) is 4.85. The lowest BCUT2D eigenvalue weighted by molar-refractivity contribution is 0.0603. The molecule has 0 saturated heterocycles. The number of methoxy groups -OCH3 is 1. The first-order valence-corrected chi connectivity index (χ1v) is 9.41. The molecule has 0 aliphatic carbocycles. The molecule has 0 spiro atoms. The lowest BCUT2D eigenvalue weighted by Gasteiger charge is -2.08. The van der Waals surface area contributed by atoms with Crippen LogP contribution >= 0.6 is 11.3 Å². The van der Waals surface area contributed by atoms with E-state index >= 15 is 0 Å². The third kappa shape index (κ3) is 4.20. The summed E-state index contributed by atoms with van der Waals surface area (Å²) in [4.78, 5) is 24.9. The summed E-state index contributed by atoms with van der Waals surface area (Å²) in [7, 11) is 1.27. The van der Waals surface area contributed by atoms with Gasteiger partial charge in [0.2, 0.25) is 0 Å². The van der Waals surface area contributed by atoms with Crippen molar-refractivity contribution in [3.8, 4) is 16.9 Å². The normalized spacial score (nSPS) is 10.4. The lowest BCUT2D eigenvalue weighted by atomic mass is 10.0. The van der Waals surface area contributed by atoms with Crippen LogP contribution in [0.1, 0.15) is 27.6 Å². The number of benzene rings is 2. The van der Waals surface area contributed by atoms with Crippen LogP contribution in [0.5, 0.6) is 5.75 Å². The van der Waals surface area contributed by atoms with Crippen molar-refractivity contribution in [2.45, 2.75) is 6.92 Å². The number of carbonyl (C=O) groups excluding carboxylic acids is 2. The topological polar surface area (TPSA) is 64.6 Å². The molecule has 0 unspecified atom stereocenters. The Bertz CT molecular complexity index is 981. The second-order valence-electron chi connectivity index (χ2n) is 5.76. The van der Waals surface area contributed by atoms with Crippen LogP contribution in [-0.2, 0) is 4.74 Å². The van der Waals surface area contributed by atoms with Gasteiger partial charge in [-0.25, -0.2) is 9.18 Å². The van der Waals surface area contributed by atoms with Crippen LogP contribution in [0.2, 0.25) is 0 Å². The Morgan fingerprint density at radius 2 is 1.75 bits per heavy atom. The smallest absolute Gasteiger partial charge is 0.341 e. The van der Waals surface area contributed by atoms with E-state index in [0.29, 0.717) is 34.0 Å². The Labute approximate surface area is 165 Å². The zero-order valence-electron chi connectivity index (χ0n) is 15.3. The molecule has 2 aromatic carbocycles. The summed E-state index contributed by atoms with van der Waals surface area (Å²) in [6.45, 7) is 2.42. The van der Waals surface area contributed by atoms with E-state index in [2.05, 4.69) is 5.32 Å². The third-order valence-electron chi connectivity index (χ3n) is 3.99. The van der Waals surface area contributed by atoms with Gasteiger partial charge in [-0.15, -0.1) is 11.3 Å². The van der Waals surface area contributed by atoms with Crippen LogP contribution in [0, 0.1) is 5.82 Å². The Hall–Kier alpha value is -3.19. The van der Waals surface area contributed by atoms with Gasteiger partial charge in [-0.2, -0.15) is 0 Å². The number of hydrogen-bond acceptors (Lipinski definition) is 5. The number of ether oxygens (including phenoxy) is 2. The minimum absolute atomic E-state index is 0.235. The van der Waals surface area contributed by atoms with Crippen molar-refractivity contribution in [2.75, 3.05) is 19.0 Å². The SMILES string of the molecule is CCOc1ccc(C(=O)Nc2scc(-c3ccc(F)cc3)c2C(=O)OC)cc1. The molecule has 0 aliphatic rings. The molecular weight excluding hydrogens is 381 g/mol. The number of hydrogen-bond donors (Lipinski definition) is 1. The number of nitrogens with one attached hydrogen (secondary N) is 1. The highest BCUT2D eigenvalue weighted by Gasteiger charge is 2.22. The second kappa shape index (κ2) is 8.67. The van der Waals surface area contributed by atoms with Gasteiger partial charge in [0, 0.05) is 16.5 Å². The molecule has 0 radical (unpaired) electrons. The second-order valence-corrected chi connectivity index (χ2v) is 6.64. The summed E-state index contributed by atoms with van der Waals surface area (Å²) in [6, 6.07) is 12.5. The molecule has 28 heavy (non-hydrogen) atoms. The number of esters is 1. The molecule has 144 valence electrons. The van der Waals surface area contributed by atoms with E-state index in [9.17, 15) is 14.0 Å². The van der Waals surface area contributed by atoms with E-state index in [1.54, 1.807) is 41.8 Å². The van der Waals surface area contributed by atoms with Crippen LogP contribution in [-0.4, -0.2) is 25.6 Å². The van der Waals surface area contributed by atoms with Crippen molar-refractivity contribution in [3.63, 3.8) is 0 Å². The molecule has 1 aromatic heterocycles. The zero-order chi connectivity index (χ0) is 20.1. The van der Waals surface area contributed by atoms with E-state index in [1.165, 1.54) is 30.6 Å². The van der Waals surface area contributed by atoms with Gasteiger partial charge in [0.25, 0.3) is 5.91 Å². The standard InChI is InChI=1S/C21H18FNO4S/c1-3-27-16-10-6-14(7-11-16)19(24)23-20-18(21(25)26-2)17(12-28-20)13-4-8-15(22)9-5-13/h4-12H,3H2,1-2H3,(H,23,24). The van der Waals surface area contributed by atoms with Gasteiger partial charge in [-0.1, -0.05) is 12.1 Å². The molecule has 0 aliphatic heterocycles. The highest BCUT2D eigenvalue weighted by Crippen LogP contribution is 2.36. The highest BCUT2D eigenvalue weighted by molar-refractivity contribution is 7.15. The monoisotopic (exact) mass is 399 g/mol. The quantitative estimate of drug-likeness (QED) is 0.593. The first-order valence-electron chi connectivity index (χ1n) is 8.53. The summed E-state index contributed by atoms with van der Waals surface area (Å²) in [6.07, 6.45) is 0. The van der Waals surface area contributed by atoms with Crippen molar-refractivity contribution in [1.82, 2.24) is 0 Å². The molecule has 3 aromatic rings. The predicted molar refractivity (Wildman–Crippen MR) is 107 cm³/mol. The molecule has 5 nitrogen and oxygen atoms in total. The van der Waals surface area contributed by atoms with Gasteiger partial charge < -0.3 is 14.8 Å². The molecule has 0 atom stereocenters. The molecule has 3 rings (SSSR count). The lowest BCUT2D eigenvalue weighted by Crippen LogP contribution is -2.14. The fraction of sp³-hybridized carbons (Fsp3) is 0.143. The number of rotatable bonds is 6. The molecule has 0 bridgehead atoms. The molecular formula is C21H18FNO4S. The van der Waals surface area contributed by atoms with Gasteiger partial charge in [-0.05, 0) is 48.9 Å². The van der Waals surface area contributed by atoms with Crippen molar-refractivity contribution in [2.24, 2.45) is 0 Å². The minimum Gasteiger partial charge on any atom is -0.494 e. The number of halogens is 1. The first-order chi connectivity index (χ1) is 13.5. The number of amides is 1. The van der Waals surface area contributed by atoms with Crippen LogP contribution in [0.15, 0.2) is 53.9 Å². The van der Waals surface area contributed by atoms with Gasteiger partial charge in [0.05, 0.1) is 13.7 Å². The maximum atomic E-state index is 13.2. The van der Waals surface area contributed by atoms with Crippen LogP contribution in [0.4, 0.5) is 9.39 Å². The van der Waals surface area contributed by atoms with Gasteiger partial charge in [0.15, 0.2) is 0 Å². The third-order valence-corrected chi connectivity index (χ3v) is 4.89. The van der Waals surface area contributed by atoms with Crippen molar-refractivity contribution in [1.29, 1.82) is 0 Å². The van der Waals surface area contributed by atoms with Crippen LogP contribution in [0.3, 0.4) is 0 Å². The van der Waals surface area contributed by atoms with E-state index in [0.717, 1.165) is 0 Å². The van der Waals surface area contributed by atoms with Crippen LogP contribution < -0.4 is 10.1 Å². The van der Waals surface area contributed by atoms with E-state index in [1.807, 2.05) is 6.92 Å². The molecule has 0 saturated carbocycles. The molecule has 7 heteroatoms. The van der Waals surface area contributed by atoms with E-state index in [4.69, 9.17) is 9.47 Å². The summed E-state index contributed by atoms with van der Waals surface area (Å²) in [5.74, 6) is -0.644. The van der Waals surface area contributed by atoms with Crippen LogP contribution in [0.25, 0.3) is 11.1 Å². The number of carbonyl (C=O) groups is 2. The number of thiophene rings is 1. The Morgan fingerprint density at radius 1 is 1.07 bits per heavy atom. The summed E-state index contributed by atoms with van der Waals surface area (Å²) < 4.78 is 23.5. The van der Waals surface area contributed by atoms with Crippen molar-refractivity contribution < 1.29 is 23.5 Å². The van der Waals surface area contributed by atoms with Crippen molar-refractivity contribution in [3.05, 3.63) is 70.9 Å².